The summed E-state index contributed by atoms with van der Waals surface area (Å²) in [6, 6.07) is 3.88. The summed E-state index contributed by atoms with van der Waals surface area (Å²) < 4.78 is 0.491. The molecule has 0 radical (unpaired) electrons. The van der Waals surface area contributed by atoms with Crippen molar-refractivity contribution >= 4 is 15.9 Å². The number of hydrogen-bond donors (Lipinski definition) is 0. The first-order chi connectivity index (χ1) is 5.71. The van der Waals surface area contributed by atoms with Gasteiger partial charge in [-0.1, -0.05) is 18.7 Å². The van der Waals surface area contributed by atoms with Crippen molar-refractivity contribution in [3.8, 4) is 12.1 Å². The summed E-state index contributed by atoms with van der Waals surface area (Å²) in [6.45, 7) is 5.19. The Kier molecular flexibility index (Phi) is 4.76. The van der Waals surface area contributed by atoms with E-state index < -0.39 is 0 Å². The van der Waals surface area contributed by atoms with Crippen molar-refractivity contribution in [3.63, 3.8) is 0 Å². The van der Waals surface area contributed by atoms with Crippen LogP contribution >= 0.6 is 15.9 Å². The van der Waals surface area contributed by atoms with E-state index in [4.69, 9.17) is 10.5 Å². The summed E-state index contributed by atoms with van der Waals surface area (Å²) in [5.74, 6) is 0. The molecule has 0 aliphatic carbocycles. The molecular formula is C9H7BrN2. The third-order valence-corrected chi connectivity index (χ3v) is 2.06. The molecule has 0 fully saturated rings. The molecule has 0 saturated carbocycles. The SMILES string of the molecule is C=C/C(C#N)=C(Br)\C(C#N)=C/C. The molecule has 0 spiro atoms. The average molecular weight is 223 g/mol. The zero-order valence-electron chi connectivity index (χ0n) is 6.63. The van der Waals surface area contributed by atoms with E-state index in [0.29, 0.717) is 15.6 Å². The van der Waals surface area contributed by atoms with E-state index in [0.717, 1.165) is 0 Å². The fraction of sp³-hybridized carbons (Fsp3) is 0.111. The van der Waals surface area contributed by atoms with Gasteiger partial charge in [-0.25, -0.2) is 0 Å². The van der Waals surface area contributed by atoms with Gasteiger partial charge < -0.3 is 0 Å². The van der Waals surface area contributed by atoms with E-state index in [2.05, 4.69) is 22.5 Å². The predicted molar refractivity (Wildman–Crippen MR) is 51.1 cm³/mol. The summed E-state index contributed by atoms with van der Waals surface area (Å²) in [5, 5.41) is 17.2. The van der Waals surface area contributed by atoms with Gasteiger partial charge in [0.1, 0.15) is 12.1 Å². The highest BCUT2D eigenvalue weighted by molar-refractivity contribution is 9.12. The summed E-state index contributed by atoms with van der Waals surface area (Å²) >= 11 is 3.15. The van der Waals surface area contributed by atoms with E-state index in [1.54, 1.807) is 13.0 Å². The van der Waals surface area contributed by atoms with Gasteiger partial charge >= 0.3 is 0 Å². The van der Waals surface area contributed by atoms with E-state index in [-0.39, 0.29) is 0 Å². The van der Waals surface area contributed by atoms with Crippen LogP contribution in [0.1, 0.15) is 6.92 Å². The van der Waals surface area contributed by atoms with Crippen molar-refractivity contribution < 1.29 is 0 Å². The molecule has 0 aliphatic rings. The zero-order valence-corrected chi connectivity index (χ0v) is 8.22. The highest BCUT2D eigenvalue weighted by Crippen LogP contribution is 2.21. The molecule has 0 bridgehead atoms. The molecule has 0 aliphatic heterocycles. The third kappa shape index (κ3) is 2.38. The summed E-state index contributed by atoms with van der Waals surface area (Å²) in [4.78, 5) is 0. The van der Waals surface area contributed by atoms with Crippen LogP contribution in [0.5, 0.6) is 0 Å². The second-order valence-corrected chi connectivity index (χ2v) is 2.65. The lowest BCUT2D eigenvalue weighted by atomic mass is 10.2. The topological polar surface area (TPSA) is 47.6 Å². The predicted octanol–water partition coefficient (Wildman–Crippen LogP) is 2.81. The molecule has 12 heavy (non-hydrogen) atoms. The molecule has 0 N–H and O–H groups in total. The van der Waals surface area contributed by atoms with Crippen LogP contribution in [0.4, 0.5) is 0 Å². The molecular weight excluding hydrogens is 216 g/mol. The molecule has 0 aromatic rings. The molecule has 0 aromatic heterocycles. The second kappa shape index (κ2) is 5.35. The minimum atomic E-state index is 0.365. The molecule has 3 heteroatoms. The van der Waals surface area contributed by atoms with Gasteiger partial charge in [0.25, 0.3) is 0 Å². The first-order valence-electron chi connectivity index (χ1n) is 3.20. The standard InChI is InChI=1S/C9H7BrN2/c1-3-7(5-11)9(10)8(4-2)6-12/h3-4H,1H2,2H3/b8-4-,9-7-. The minimum absolute atomic E-state index is 0.365. The van der Waals surface area contributed by atoms with Gasteiger partial charge in [0.15, 0.2) is 0 Å². The Balaban J connectivity index is 5.19. The molecule has 0 rings (SSSR count). The van der Waals surface area contributed by atoms with Crippen LogP contribution in [0.3, 0.4) is 0 Å². The van der Waals surface area contributed by atoms with Gasteiger partial charge in [0.05, 0.1) is 15.6 Å². The molecule has 0 saturated heterocycles. The van der Waals surface area contributed by atoms with Gasteiger partial charge in [0.2, 0.25) is 0 Å². The smallest absolute Gasteiger partial charge is 0.100 e. The van der Waals surface area contributed by atoms with Crippen molar-refractivity contribution in [3.05, 3.63) is 34.4 Å². The van der Waals surface area contributed by atoms with Crippen molar-refractivity contribution in [1.29, 1.82) is 10.5 Å². The Labute approximate surface area is 80.2 Å². The van der Waals surface area contributed by atoms with E-state index >= 15 is 0 Å². The van der Waals surface area contributed by atoms with Crippen LogP contribution in [-0.4, -0.2) is 0 Å². The lowest BCUT2D eigenvalue weighted by Crippen LogP contribution is -1.82. The van der Waals surface area contributed by atoms with Gasteiger partial charge in [0, 0.05) is 0 Å². The fourth-order valence-electron chi connectivity index (χ4n) is 0.570. The van der Waals surface area contributed by atoms with Crippen LogP contribution in [0.15, 0.2) is 34.4 Å². The normalized spacial score (nSPS) is 12.5. The van der Waals surface area contributed by atoms with Crippen LogP contribution in [-0.2, 0) is 0 Å². The number of nitriles is 2. The van der Waals surface area contributed by atoms with Crippen LogP contribution in [0.2, 0.25) is 0 Å². The lowest BCUT2D eigenvalue weighted by molar-refractivity contribution is 1.45. The Morgan fingerprint density at radius 2 is 2.00 bits per heavy atom. The number of nitrogens with zero attached hydrogens (tertiary/aromatic N) is 2. The highest BCUT2D eigenvalue weighted by Gasteiger charge is 2.04. The number of allylic oxidation sites excluding steroid dienone is 5. The maximum Gasteiger partial charge on any atom is 0.100 e. The Morgan fingerprint density at radius 1 is 1.42 bits per heavy atom. The van der Waals surface area contributed by atoms with E-state index in [9.17, 15) is 0 Å². The molecule has 0 unspecified atom stereocenters. The molecule has 2 nitrogen and oxygen atoms in total. The third-order valence-electron chi connectivity index (χ3n) is 1.21. The summed E-state index contributed by atoms with van der Waals surface area (Å²) in [7, 11) is 0. The number of halogens is 1. The fourth-order valence-corrected chi connectivity index (χ4v) is 1.14. The number of rotatable bonds is 2. The maximum absolute atomic E-state index is 8.61. The Morgan fingerprint density at radius 3 is 2.25 bits per heavy atom. The molecule has 0 amide bonds. The van der Waals surface area contributed by atoms with Crippen molar-refractivity contribution in [2.75, 3.05) is 0 Å². The van der Waals surface area contributed by atoms with E-state index in [1.165, 1.54) is 6.08 Å². The van der Waals surface area contributed by atoms with Gasteiger partial charge in [-0.05, 0) is 22.9 Å². The average Bonchev–Trinajstić information content (AvgIpc) is 2.09. The highest BCUT2D eigenvalue weighted by atomic mass is 79.9. The Hall–Kier alpha value is -1.32. The van der Waals surface area contributed by atoms with Crippen LogP contribution in [0, 0.1) is 22.7 Å². The van der Waals surface area contributed by atoms with Crippen molar-refractivity contribution in [1.82, 2.24) is 0 Å². The van der Waals surface area contributed by atoms with Crippen LogP contribution in [0.25, 0.3) is 0 Å². The van der Waals surface area contributed by atoms with Gasteiger partial charge in [-0.2, -0.15) is 10.5 Å². The summed E-state index contributed by atoms with van der Waals surface area (Å²) in [6.07, 6.45) is 3.04. The first-order valence-corrected chi connectivity index (χ1v) is 3.99. The minimum Gasteiger partial charge on any atom is -0.192 e. The van der Waals surface area contributed by atoms with Crippen LogP contribution < -0.4 is 0 Å². The second-order valence-electron chi connectivity index (χ2n) is 1.86. The maximum atomic E-state index is 8.61. The quantitative estimate of drug-likeness (QED) is 0.533. The Bertz CT molecular complexity index is 323. The van der Waals surface area contributed by atoms with Gasteiger partial charge in [-0.15, -0.1) is 0 Å². The monoisotopic (exact) mass is 222 g/mol. The molecule has 60 valence electrons. The summed E-state index contributed by atoms with van der Waals surface area (Å²) in [5.41, 5.74) is 0.802. The first kappa shape index (κ1) is 10.7. The zero-order chi connectivity index (χ0) is 9.56. The van der Waals surface area contributed by atoms with Crippen molar-refractivity contribution in [2.24, 2.45) is 0 Å². The largest absolute Gasteiger partial charge is 0.192 e. The molecule has 0 aromatic carbocycles. The number of hydrogen-bond acceptors (Lipinski definition) is 2. The molecule has 0 atom stereocenters. The van der Waals surface area contributed by atoms with E-state index in [1.807, 2.05) is 12.1 Å². The molecule has 0 heterocycles. The van der Waals surface area contributed by atoms with Gasteiger partial charge in [-0.3, -0.25) is 0 Å². The lowest BCUT2D eigenvalue weighted by Gasteiger charge is -1.95. The van der Waals surface area contributed by atoms with Crippen molar-refractivity contribution in [2.45, 2.75) is 6.92 Å².